The first-order chi connectivity index (χ1) is 14.7. The number of carbonyl (C=O) groups is 1. The van der Waals surface area contributed by atoms with Crippen LogP contribution >= 0.6 is 0 Å². The first kappa shape index (κ1) is 19.5. The monoisotopic (exact) mass is 404 g/mol. The molecule has 3 aliphatic heterocycles. The van der Waals surface area contributed by atoms with E-state index in [9.17, 15) is 10.1 Å². The van der Waals surface area contributed by atoms with Crippen molar-refractivity contribution in [2.24, 2.45) is 0 Å². The number of nitrogens with two attached hydrogens (primary N) is 1. The summed E-state index contributed by atoms with van der Waals surface area (Å²) in [5.74, 6) is 1.67. The van der Waals surface area contributed by atoms with Crippen LogP contribution in [0, 0.1) is 16.7 Å². The third-order valence-corrected chi connectivity index (χ3v) is 5.47. The van der Waals surface area contributed by atoms with Gasteiger partial charge in [-0.25, -0.2) is 9.97 Å². The highest BCUT2D eigenvalue weighted by Gasteiger charge is 2.48. The van der Waals surface area contributed by atoms with Crippen LogP contribution in [0.5, 0.6) is 5.75 Å². The summed E-state index contributed by atoms with van der Waals surface area (Å²) in [5, 5.41) is 18.1. The molecule has 2 aromatic rings. The quantitative estimate of drug-likeness (QED) is 0.687. The van der Waals surface area contributed by atoms with Crippen molar-refractivity contribution in [1.82, 2.24) is 14.9 Å². The van der Waals surface area contributed by atoms with Gasteiger partial charge in [0.05, 0.1) is 24.8 Å². The van der Waals surface area contributed by atoms with Gasteiger partial charge in [-0.15, -0.1) is 0 Å². The van der Waals surface area contributed by atoms with Gasteiger partial charge in [-0.2, -0.15) is 5.26 Å². The first-order valence-electron chi connectivity index (χ1n) is 9.64. The van der Waals surface area contributed by atoms with E-state index in [-0.39, 0.29) is 18.0 Å². The third kappa shape index (κ3) is 3.38. The number of methoxy groups -OCH3 is 1. The van der Waals surface area contributed by atoms with Crippen LogP contribution < -0.4 is 15.0 Å². The van der Waals surface area contributed by atoms with E-state index in [1.54, 1.807) is 55.3 Å². The molecule has 0 aromatic carbocycles. The van der Waals surface area contributed by atoms with Gasteiger partial charge in [0.15, 0.2) is 11.6 Å². The predicted octanol–water partition coefficient (Wildman–Crippen LogP) is 0.818. The van der Waals surface area contributed by atoms with Gasteiger partial charge in [-0.05, 0) is 24.6 Å². The number of hydrogen-bond donors (Lipinski definition) is 2. The number of nitriles is 1. The van der Waals surface area contributed by atoms with E-state index in [0.717, 1.165) is 6.42 Å². The number of rotatable bonds is 6. The normalized spacial score (nSPS) is 19.9. The highest BCUT2D eigenvalue weighted by atomic mass is 16.5. The lowest BCUT2D eigenvalue weighted by Crippen LogP contribution is -2.73. The number of nitrogens with one attached hydrogen (secondary N) is 1. The van der Waals surface area contributed by atoms with Gasteiger partial charge in [0.25, 0.3) is 5.91 Å². The van der Waals surface area contributed by atoms with Crippen LogP contribution in [0.25, 0.3) is 0 Å². The third-order valence-electron chi connectivity index (χ3n) is 5.47. The Labute approximate surface area is 174 Å². The summed E-state index contributed by atoms with van der Waals surface area (Å²) in [5.41, 5.74) is 0.996. The number of ether oxygens (including phenoxy) is 1. The van der Waals surface area contributed by atoms with E-state index < -0.39 is 0 Å². The van der Waals surface area contributed by atoms with Gasteiger partial charge in [0.1, 0.15) is 17.8 Å². The number of allylic oxidation sites excluding steroid dienone is 1. The number of quaternary nitrogens is 1. The van der Waals surface area contributed by atoms with E-state index in [2.05, 4.69) is 20.9 Å². The Bertz CT molecular complexity index is 1030. The van der Waals surface area contributed by atoms with Crippen LogP contribution in [0.15, 0.2) is 42.9 Å². The number of nitrogens with zero attached hydrogens (tertiary/aromatic N) is 5. The average molecular weight is 404 g/mol. The van der Waals surface area contributed by atoms with Crippen molar-refractivity contribution in [3.05, 3.63) is 54.0 Å². The summed E-state index contributed by atoms with van der Waals surface area (Å²) >= 11 is 0. The fourth-order valence-corrected chi connectivity index (χ4v) is 4.14. The SMILES string of the molecule is COc1c(C#N)ccnc1N1C2CC1CN(C(=O)c1cccnc1[NH2+]/C=C\C=N)C2. The molecule has 2 bridgehead atoms. The van der Waals surface area contributed by atoms with Crippen molar-refractivity contribution in [1.29, 1.82) is 10.7 Å². The van der Waals surface area contributed by atoms with Crippen LogP contribution in [-0.2, 0) is 0 Å². The van der Waals surface area contributed by atoms with Crippen LogP contribution in [-0.4, -0.2) is 59.3 Å². The molecule has 9 heteroatoms. The Morgan fingerprint density at radius 3 is 2.83 bits per heavy atom. The summed E-state index contributed by atoms with van der Waals surface area (Å²) in [6.07, 6.45) is 8.69. The molecular formula is C21H22N7O2+. The van der Waals surface area contributed by atoms with Crippen molar-refractivity contribution in [3.63, 3.8) is 0 Å². The fourth-order valence-electron chi connectivity index (χ4n) is 4.14. The molecule has 1 amide bonds. The van der Waals surface area contributed by atoms with E-state index >= 15 is 0 Å². The molecule has 3 saturated heterocycles. The Kier molecular flexibility index (Phi) is 5.41. The van der Waals surface area contributed by atoms with Gasteiger partial charge in [0.2, 0.25) is 5.82 Å². The molecule has 5 heterocycles. The maximum atomic E-state index is 13.2. The molecule has 30 heavy (non-hydrogen) atoms. The maximum Gasteiger partial charge on any atom is 0.261 e. The zero-order valence-electron chi connectivity index (χ0n) is 16.5. The minimum Gasteiger partial charge on any atom is -0.492 e. The Morgan fingerprint density at radius 1 is 1.33 bits per heavy atom. The van der Waals surface area contributed by atoms with Crippen molar-refractivity contribution >= 4 is 23.8 Å². The lowest BCUT2D eigenvalue weighted by molar-refractivity contribution is -0.500. The molecule has 9 nitrogen and oxygen atoms in total. The number of carbonyl (C=O) groups excluding carboxylic acids is 1. The number of aromatic nitrogens is 2. The smallest absolute Gasteiger partial charge is 0.261 e. The van der Waals surface area contributed by atoms with E-state index in [1.165, 1.54) is 6.21 Å². The molecule has 2 atom stereocenters. The summed E-state index contributed by atoms with van der Waals surface area (Å²) in [6, 6.07) is 7.57. The number of piperidine rings is 1. The van der Waals surface area contributed by atoms with Gasteiger partial charge >= 0.3 is 0 Å². The molecule has 3 N–H and O–H groups in total. The minimum atomic E-state index is -0.0577. The van der Waals surface area contributed by atoms with Gasteiger partial charge < -0.3 is 19.9 Å². The fraction of sp³-hybridized carbons (Fsp3) is 0.286. The number of hydrogen-bond acceptors (Lipinski definition) is 7. The van der Waals surface area contributed by atoms with Crippen molar-refractivity contribution in [2.45, 2.75) is 18.5 Å². The molecule has 2 aromatic heterocycles. The topological polar surface area (TPSA) is 123 Å². The summed E-state index contributed by atoms with van der Waals surface area (Å²) in [6.45, 7) is 1.14. The second-order valence-electron chi connectivity index (χ2n) is 7.14. The highest BCUT2D eigenvalue weighted by molar-refractivity contribution is 5.97. The first-order valence-corrected chi connectivity index (χ1v) is 9.64. The second-order valence-corrected chi connectivity index (χ2v) is 7.14. The lowest BCUT2D eigenvalue weighted by atomic mass is 9.86. The maximum absolute atomic E-state index is 13.2. The van der Waals surface area contributed by atoms with Crippen LogP contribution in [0.1, 0.15) is 22.3 Å². The highest BCUT2D eigenvalue weighted by Crippen LogP contribution is 2.41. The molecule has 152 valence electrons. The number of anilines is 1. The van der Waals surface area contributed by atoms with Gasteiger partial charge in [0, 0.05) is 37.8 Å². The average Bonchev–Trinajstić information content (AvgIpc) is 2.79. The van der Waals surface area contributed by atoms with Gasteiger partial charge in [-0.3, -0.25) is 10.1 Å². The number of fused-ring (bicyclic) bond motifs is 2. The molecule has 3 aliphatic rings. The number of pyridine rings is 2. The standard InChI is InChI=1S/C21H21N7O2/c1-30-18-14(11-23)5-9-26-20(18)28-15-10-16(28)13-27(12-15)21(29)17-4-2-7-24-19(17)25-8-3-6-22/h2-9,15-16,22H,10,12-13H2,1H3,(H,24,25)/p+1/b8-3-,22-6?. The Hall–Kier alpha value is -3.77. The summed E-state index contributed by atoms with van der Waals surface area (Å²) in [4.78, 5) is 25.9. The summed E-state index contributed by atoms with van der Waals surface area (Å²) in [7, 11) is 1.54. The predicted molar refractivity (Wildman–Crippen MR) is 110 cm³/mol. The van der Waals surface area contributed by atoms with Gasteiger partial charge in [-0.1, -0.05) is 0 Å². The zero-order valence-corrected chi connectivity index (χ0v) is 16.5. The van der Waals surface area contributed by atoms with Crippen LogP contribution in [0.3, 0.4) is 0 Å². The molecular weight excluding hydrogens is 382 g/mol. The number of amides is 1. The van der Waals surface area contributed by atoms with Crippen LogP contribution in [0.2, 0.25) is 0 Å². The lowest BCUT2D eigenvalue weighted by Gasteiger charge is -2.56. The van der Waals surface area contributed by atoms with Crippen molar-refractivity contribution < 1.29 is 14.8 Å². The molecule has 2 unspecified atom stereocenters. The minimum absolute atomic E-state index is 0.0577. The molecule has 5 rings (SSSR count). The van der Waals surface area contributed by atoms with E-state index in [0.29, 0.717) is 41.6 Å². The Morgan fingerprint density at radius 2 is 2.13 bits per heavy atom. The van der Waals surface area contributed by atoms with Crippen molar-refractivity contribution in [2.75, 3.05) is 25.1 Å². The van der Waals surface area contributed by atoms with Crippen molar-refractivity contribution in [3.8, 4) is 11.8 Å². The molecule has 0 radical (unpaired) electrons. The largest absolute Gasteiger partial charge is 0.492 e. The molecule has 0 spiro atoms. The van der Waals surface area contributed by atoms with Crippen LogP contribution in [0.4, 0.5) is 11.6 Å². The Balaban J connectivity index is 1.53. The zero-order chi connectivity index (χ0) is 21.1. The molecule has 3 fully saturated rings. The molecule has 0 saturated carbocycles. The summed E-state index contributed by atoms with van der Waals surface area (Å²) < 4.78 is 5.45. The van der Waals surface area contributed by atoms with E-state index in [4.69, 9.17) is 10.1 Å². The number of piperazine rings is 1. The van der Waals surface area contributed by atoms with E-state index in [1.807, 2.05) is 4.90 Å². The second kappa shape index (κ2) is 8.31. The molecule has 0 aliphatic carbocycles.